The largest absolute Gasteiger partial charge is 0.348 e. The molecule has 0 saturated carbocycles. The van der Waals surface area contributed by atoms with Crippen molar-refractivity contribution in [2.45, 2.75) is 20.0 Å². The molecule has 0 amide bonds. The van der Waals surface area contributed by atoms with Gasteiger partial charge in [-0.3, -0.25) is 4.57 Å². The zero-order valence-electron chi connectivity index (χ0n) is 9.76. The highest BCUT2D eigenvalue weighted by Crippen LogP contribution is 2.04. The molecule has 0 radical (unpaired) electrons. The second-order valence-corrected chi connectivity index (χ2v) is 4.00. The standard InChI is InChI=1S/C13H15N3O/c1-10-6-7-16(13(17)15-10)9-12-4-2-11(8-14)3-5-12/h2-7H,8-9,14H2,1H3. The highest BCUT2D eigenvalue weighted by Gasteiger charge is 1.99. The van der Waals surface area contributed by atoms with Crippen LogP contribution in [0.25, 0.3) is 0 Å². The molecule has 88 valence electrons. The van der Waals surface area contributed by atoms with Crippen molar-refractivity contribution in [1.82, 2.24) is 9.55 Å². The van der Waals surface area contributed by atoms with E-state index in [1.54, 1.807) is 10.8 Å². The van der Waals surface area contributed by atoms with Gasteiger partial charge in [-0.2, -0.15) is 4.98 Å². The van der Waals surface area contributed by atoms with Crippen molar-refractivity contribution in [1.29, 1.82) is 0 Å². The quantitative estimate of drug-likeness (QED) is 0.856. The van der Waals surface area contributed by atoms with Crippen LogP contribution in [0.1, 0.15) is 16.8 Å². The smallest absolute Gasteiger partial charge is 0.326 e. The molecular formula is C13H15N3O. The van der Waals surface area contributed by atoms with Gasteiger partial charge in [0.15, 0.2) is 0 Å². The molecule has 4 nitrogen and oxygen atoms in total. The molecular weight excluding hydrogens is 214 g/mol. The van der Waals surface area contributed by atoms with Crippen LogP contribution in [-0.2, 0) is 13.1 Å². The Hall–Kier alpha value is -1.94. The first kappa shape index (κ1) is 11.5. The molecule has 0 saturated heterocycles. The third-order valence-corrected chi connectivity index (χ3v) is 2.62. The number of nitrogens with two attached hydrogens (primary N) is 1. The topological polar surface area (TPSA) is 60.9 Å². The third-order valence-electron chi connectivity index (χ3n) is 2.62. The molecule has 17 heavy (non-hydrogen) atoms. The van der Waals surface area contributed by atoms with Crippen LogP contribution in [-0.4, -0.2) is 9.55 Å². The molecule has 0 fully saturated rings. The van der Waals surface area contributed by atoms with E-state index < -0.39 is 0 Å². The average molecular weight is 229 g/mol. The van der Waals surface area contributed by atoms with E-state index in [1.807, 2.05) is 37.3 Å². The van der Waals surface area contributed by atoms with Gasteiger partial charge in [-0.25, -0.2) is 4.79 Å². The molecule has 0 aliphatic carbocycles. The summed E-state index contributed by atoms with van der Waals surface area (Å²) in [5.41, 5.74) is 8.20. The fraction of sp³-hybridized carbons (Fsp3) is 0.231. The van der Waals surface area contributed by atoms with Gasteiger partial charge in [-0.05, 0) is 24.1 Å². The van der Waals surface area contributed by atoms with E-state index >= 15 is 0 Å². The van der Waals surface area contributed by atoms with Crippen molar-refractivity contribution in [3.05, 3.63) is 63.8 Å². The molecule has 0 bridgehead atoms. The maximum absolute atomic E-state index is 11.6. The molecule has 1 aromatic carbocycles. The first-order valence-corrected chi connectivity index (χ1v) is 5.51. The molecule has 0 unspecified atom stereocenters. The molecule has 2 aromatic rings. The lowest BCUT2D eigenvalue weighted by molar-refractivity contribution is 0.720. The summed E-state index contributed by atoms with van der Waals surface area (Å²) >= 11 is 0. The summed E-state index contributed by atoms with van der Waals surface area (Å²) in [4.78, 5) is 15.5. The Labute approximate surface area is 99.7 Å². The highest BCUT2D eigenvalue weighted by atomic mass is 16.1. The van der Waals surface area contributed by atoms with Gasteiger partial charge in [0, 0.05) is 18.4 Å². The SMILES string of the molecule is Cc1ccn(Cc2ccc(CN)cc2)c(=O)n1. The summed E-state index contributed by atoms with van der Waals surface area (Å²) in [7, 11) is 0. The van der Waals surface area contributed by atoms with E-state index in [4.69, 9.17) is 5.73 Å². The predicted molar refractivity (Wildman–Crippen MR) is 66.7 cm³/mol. The van der Waals surface area contributed by atoms with Crippen LogP contribution < -0.4 is 11.4 Å². The minimum atomic E-state index is -0.215. The molecule has 1 aromatic heterocycles. The van der Waals surface area contributed by atoms with E-state index in [9.17, 15) is 4.79 Å². The number of nitrogens with zero attached hydrogens (tertiary/aromatic N) is 2. The Kier molecular flexibility index (Phi) is 3.35. The summed E-state index contributed by atoms with van der Waals surface area (Å²) in [6, 6.07) is 9.74. The molecule has 2 N–H and O–H groups in total. The van der Waals surface area contributed by atoms with Crippen molar-refractivity contribution < 1.29 is 0 Å². The molecule has 0 aliphatic rings. The third kappa shape index (κ3) is 2.79. The summed E-state index contributed by atoms with van der Waals surface area (Å²) in [5, 5.41) is 0. The number of aromatic nitrogens is 2. The number of hydrogen-bond acceptors (Lipinski definition) is 3. The summed E-state index contributed by atoms with van der Waals surface area (Å²) < 4.78 is 1.59. The Morgan fingerprint density at radius 1 is 1.18 bits per heavy atom. The number of benzene rings is 1. The van der Waals surface area contributed by atoms with E-state index in [-0.39, 0.29) is 5.69 Å². The Morgan fingerprint density at radius 3 is 2.41 bits per heavy atom. The van der Waals surface area contributed by atoms with Crippen molar-refractivity contribution >= 4 is 0 Å². The summed E-state index contributed by atoms with van der Waals surface area (Å²) in [6.45, 7) is 2.88. The van der Waals surface area contributed by atoms with Crippen molar-refractivity contribution in [3.8, 4) is 0 Å². The molecule has 0 spiro atoms. The lowest BCUT2D eigenvalue weighted by atomic mass is 10.1. The fourth-order valence-electron chi connectivity index (χ4n) is 1.61. The van der Waals surface area contributed by atoms with Crippen LogP contribution in [0.4, 0.5) is 0 Å². The first-order valence-electron chi connectivity index (χ1n) is 5.51. The van der Waals surface area contributed by atoms with Crippen molar-refractivity contribution in [2.24, 2.45) is 5.73 Å². The molecule has 4 heteroatoms. The van der Waals surface area contributed by atoms with Crippen LogP contribution in [0.2, 0.25) is 0 Å². The molecule has 1 heterocycles. The van der Waals surface area contributed by atoms with Gasteiger partial charge in [0.2, 0.25) is 0 Å². The van der Waals surface area contributed by atoms with E-state index in [0.29, 0.717) is 13.1 Å². The van der Waals surface area contributed by atoms with Gasteiger partial charge >= 0.3 is 5.69 Å². The first-order chi connectivity index (χ1) is 8.19. The maximum atomic E-state index is 11.6. The molecule has 0 aliphatic heterocycles. The highest BCUT2D eigenvalue weighted by molar-refractivity contribution is 5.22. The molecule has 2 rings (SSSR count). The summed E-state index contributed by atoms with van der Waals surface area (Å²) in [6.07, 6.45) is 1.77. The lowest BCUT2D eigenvalue weighted by Crippen LogP contribution is -2.23. The summed E-state index contributed by atoms with van der Waals surface area (Å²) in [5.74, 6) is 0. The van der Waals surface area contributed by atoms with Gasteiger partial charge in [-0.1, -0.05) is 24.3 Å². The second kappa shape index (κ2) is 4.93. The van der Waals surface area contributed by atoms with Crippen LogP contribution in [0.3, 0.4) is 0 Å². The van der Waals surface area contributed by atoms with Crippen molar-refractivity contribution in [3.63, 3.8) is 0 Å². The lowest BCUT2D eigenvalue weighted by Gasteiger charge is -2.06. The second-order valence-electron chi connectivity index (χ2n) is 4.00. The minimum absolute atomic E-state index is 0.215. The Balaban J connectivity index is 2.22. The van der Waals surface area contributed by atoms with E-state index in [0.717, 1.165) is 16.8 Å². The van der Waals surface area contributed by atoms with Gasteiger partial charge in [0.1, 0.15) is 0 Å². The number of aryl methyl sites for hydroxylation is 1. The van der Waals surface area contributed by atoms with Crippen LogP contribution in [0, 0.1) is 6.92 Å². The Bertz CT molecular complexity index is 558. The molecule has 0 atom stereocenters. The van der Waals surface area contributed by atoms with Crippen LogP contribution in [0.15, 0.2) is 41.3 Å². The maximum Gasteiger partial charge on any atom is 0.348 e. The average Bonchev–Trinajstić information content (AvgIpc) is 2.34. The van der Waals surface area contributed by atoms with Crippen LogP contribution >= 0.6 is 0 Å². The monoisotopic (exact) mass is 229 g/mol. The zero-order valence-corrected chi connectivity index (χ0v) is 9.76. The normalized spacial score (nSPS) is 10.5. The van der Waals surface area contributed by atoms with Crippen molar-refractivity contribution in [2.75, 3.05) is 0 Å². The predicted octanol–water partition coefficient (Wildman–Crippen LogP) is 1.06. The zero-order chi connectivity index (χ0) is 12.3. The number of hydrogen-bond donors (Lipinski definition) is 1. The van der Waals surface area contributed by atoms with Gasteiger partial charge in [0.25, 0.3) is 0 Å². The Morgan fingerprint density at radius 2 is 1.82 bits per heavy atom. The fourth-order valence-corrected chi connectivity index (χ4v) is 1.61. The van der Waals surface area contributed by atoms with Gasteiger partial charge < -0.3 is 5.73 Å². The minimum Gasteiger partial charge on any atom is -0.326 e. The van der Waals surface area contributed by atoms with E-state index in [2.05, 4.69) is 4.98 Å². The van der Waals surface area contributed by atoms with Crippen LogP contribution in [0.5, 0.6) is 0 Å². The van der Waals surface area contributed by atoms with E-state index in [1.165, 1.54) is 0 Å². The van der Waals surface area contributed by atoms with Gasteiger partial charge in [0.05, 0.1) is 6.54 Å². The number of rotatable bonds is 3. The van der Waals surface area contributed by atoms with Gasteiger partial charge in [-0.15, -0.1) is 0 Å².